The Balaban J connectivity index is 1.85. The number of carboxylic acid groups (broad SMARTS) is 1. The van der Waals surface area contributed by atoms with E-state index in [9.17, 15) is 9.59 Å². The maximum absolute atomic E-state index is 12.4. The molecule has 0 spiro atoms. The molecule has 1 fully saturated rings. The molecule has 126 valence electrons. The second-order valence-corrected chi connectivity index (χ2v) is 6.61. The Morgan fingerprint density at radius 3 is 3.00 bits per heavy atom. The van der Waals surface area contributed by atoms with Crippen molar-refractivity contribution in [2.45, 2.75) is 6.42 Å². The fourth-order valence-corrected chi connectivity index (χ4v) is 3.59. The molecule has 9 heteroatoms. The lowest BCUT2D eigenvalue weighted by atomic mass is 10.1. The Hall–Kier alpha value is -2.26. The van der Waals surface area contributed by atoms with Gasteiger partial charge in [0.15, 0.2) is 11.5 Å². The molecular formula is C15H13NO6S2. The third-order valence-electron chi connectivity index (χ3n) is 3.40. The van der Waals surface area contributed by atoms with Crippen LogP contribution >= 0.6 is 24.0 Å². The molecule has 1 saturated heterocycles. The van der Waals surface area contributed by atoms with E-state index in [0.29, 0.717) is 32.0 Å². The average molecular weight is 367 g/mol. The van der Waals surface area contributed by atoms with Gasteiger partial charge in [0, 0.05) is 6.54 Å². The predicted octanol–water partition coefficient (Wildman–Crippen LogP) is 2.10. The molecule has 0 bridgehead atoms. The first-order chi connectivity index (χ1) is 11.5. The number of carbonyl (C=O) groups excluding carboxylic acids is 1. The van der Waals surface area contributed by atoms with E-state index < -0.39 is 5.97 Å². The number of hydrogen-bond donors (Lipinski definition) is 1. The molecular weight excluding hydrogens is 354 g/mol. The van der Waals surface area contributed by atoms with Gasteiger partial charge in [-0.05, 0) is 23.8 Å². The van der Waals surface area contributed by atoms with Crippen molar-refractivity contribution in [1.29, 1.82) is 0 Å². The number of carbonyl (C=O) groups is 2. The number of nitrogens with zero attached hydrogens (tertiary/aromatic N) is 1. The van der Waals surface area contributed by atoms with E-state index in [0.717, 1.165) is 11.8 Å². The summed E-state index contributed by atoms with van der Waals surface area (Å²) in [6.07, 6.45) is 1.52. The fourth-order valence-electron chi connectivity index (χ4n) is 2.28. The first-order valence-corrected chi connectivity index (χ1v) is 8.17. The number of thioether (sulfide) groups is 1. The first-order valence-electron chi connectivity index (χ1n) is 6.94. The normalized spacial score (nSPS) is 17.7. The van der Waals surface area contributed by atoms with Gasteiger partial charge < -0.3 is 19.3 Å². The number of ether oxygens (including phenoxy) is 3. The lowest BCUT2D eigenvalue weighted by Gasteiger charge is -2.12. The van der Waals surface area contributed by atoms with E-state index in [1.54, 1.807) is 18.2 Å². The summed E-state index contributed by atoms with van der Waals surface area (Å²) >= 11 is 6.29. The van der Waals surface area contributed by atoms with Gasteiger partial charge in [-0.25, -0.2) is 0 Å². The minimum atomic E-state index is -0.978. The Labute approximate surface area is 147 Å². The van der Waals surface area contributed by atoms with Crippen LogP contribution in [0.5, 0.6) is 17.2 Å². The van der Waals surface area contributed by atoms with Gasteiger partial charge in [-0.15, -0.1) is 0 Å². The van der Waals surface area contributed by atoms with E-state index in [1.807, 2.05) is 0 Å². The highest BCUT2D eigenvalue weighted by Gasteiger charge is 2.32. The van der Waals surface area contributed by atoms with Gasteiger partial charge in [0.2, 0.25) is 12.5 Å². The van der Waals surface area contributed by atoms with Crippen molar-refractivity contribution in [2.75, 3.05) is 20.4 Å². The molecule has 2 aliphatic rings. The average Bonchev–Trinajstić information content (AvgIpc) is 3.10. The van der Waals surface area contributed by atoms with Crippen LogP contribution in [0.2, 0.25) is 0 Å². The standard InChI is InChI=1S/C15H13NO6S2/c1-20-9-4-8(5-10-13(9)22-7-21-10)6-11-14(19)16(15(23)24-11)3-2-12(17)18/h4-6H,2-3,7H2,1H3,(H,17,18)/b11-6-. The van der Waals surface area contributed by atoms with Crippen molar-refractivity contribution in [3.05, 3.63) is 22.6 Å². The number of amides is 1. The van der Waals surface area contributed by atoms with Crippen molar-refractivity contribution >= 4 is 46.3 Å². The molecule has 1 aromatic carbocycles. The number of rotatable bonds is 5. The number of methoxy groups -OCH3 is 1. The topological polar surface area (TPSA) is 85.3 Å². The van der Waals surface area contributed by atoms with E-state index in [2.05, 4.69) is 0 Å². The van der Waals surface area contributed by atoms with Gasteiger partial charge in [-0.1, -0.05) is 24.0 Å². The minimum absolute atomic E-state index is 0.0573. The highest BCUT2D eigenvalue weighted by molar-refractivity contribution is 8.26. The SMILES string of the molecule is COc1cc(/C=C2\SC(=S)N(CCC(=O)O)C2=O)cc2c1OCO2. The van der Waals surface area contributed by atoms with Crippen LogP contribution in [0.3, 0.4) is 0 Å². The largest absolute Gasteiger partial charge is 0.493 e. The lowest BCUT2D eigenvalue weighted by Crippen LogP contribution is -2.30. The molecule has 0 aliphatic carbocycles. The summed E-state index contributed by atoms with van der Waals surface area (Å²) in [7, 11) is 1.52. The smallest absolute Gasteiger partial charge is 0.305 e. The van der Waals surface area contributed by atoms with E-state index in [1.165, 1.54) is 12.0 Å². The van der Waals surface area contributed by atoms with Gasteiger partial charge >= 0.3 is 5.97 Å². The quantitative estimate of drug-likeness (QED) is 0.626. The maximum Gasteiger partial charge on any atom is 0.305 e. The minimum Gasteiger partial charge on any atom is -0.493 e. The Bertz CT molecular complexity index is 761. The molecule has 7 nitrogen and oxygen atoms in total. The number of thiocarbonyl (C=S) groups is 1. The highest BCUT2D eigenvalue weighted by Crippen LogP contribution is 2.43. The van der Waals surface area contributed by atoms with Crippen molar-refractivity contribution in [3.8, 4) is 17.2 Å². The zero-order chi connectivity index (χ0) is 17.3. The molecule has 1 aromatic rings. The second kappa shape index (κ2) is 6.70. The van der Waals surface area contributed by atoms with Crippen LogP contribution in [0.1, 0.15) is 12.0 Å². The molecule has 2 heterocycles. The van der Waals surface area contributed by atoms with Gasteiger partial charge in [0.1, 0.15) is 4.32 Å². The zero-order valence-electron chi connectivity index (χ0n) is 12.6. The fraction of sp³-hybridized carbons (Fsp3) is 0.267. The van der Waals surface area contributed by atoms with Crippen LogP contribution in [0, 0.1) is 0 Å². The molecule has 0 atom stereocenters. The third kappa shape index (κ3) is 3.17. The summed E-state index contributed by atoms with van der Waals surface area (Å²) in [5.74, 6) is 0.305. The molecule has 1 N–H and O–H groups in total. The molecule has 24 heavy (non-hydrogen) atoms. The summed E-state index contributed by atoms with van der Waals surface area (Å²) in [5, 5.41) is 8.75. The van der Waals surface area contributed by atoms with Gasteiger partial charge in [-0.3, -0.25) is 14.5 Å². The van der Waals surface area contributed by atoms with Crippen LogP contribution in [-0.2, 0) is 9.59 Å². The van der Waals surface area contributed by atoms with E-state index in [4.69, 9.17) is 31.5 Å². The van der Waals surface area contributed by atoms with Crippen molar-refractivity contribution in [3.63, 3.8) is 0 Å². The van der Waals surface area contributed by atoms with Crippen LogP contribution in [0.4, 0.5) is 0 Å². The van der Waals surface area contributed by atoms with Gasteiger partial charge in [0.25, 0.3) is 5.91 Å². The molecule has 0 aromatic heterocycles. The number of carboxylic acids is 1. The number of hydrogen-bond acceptors (Lipinski definition) is 7. The van der Waals surface area contributed by atoms with Gasteiger partial charge in [0.05, 0.1) is 18.4 Å². The summed E-state index contributed by atoms with van der Waals surface area (Å²) in [6.45, 7) is 0.175. The zero-order valence-corrected chi connectivity index (χ0v) is 14.2. The Kier molecular flexibility index (Phi) is 4.63. The van der Waals surface area contributed by atoms with Crippen molar-refractivity contribution in [2.24, 2.45) is 0 Å². The summed E-state index contributed by atoms with van der Waals surface area (Å²) < 4.78 is 16.3. The summed E-state index contributed by atoms with van der Waals surface area (Å²) in [4.78, 5) is 24.8. The molecule has 0 saturated carbocycles. The molecule has 2 aliphatic heterocycles. The Morgan fingerprint density at radius 2 is 2.29 bits per heavy atom. The lowest BCUT2D eigenvalue weighted by molar-refractivity contribution is -0.137. The van der Waals surface area contributed by atoms with Crippen molar-refractivity contribution < 1.29 is 28.9 Å². The third-order valence-corrected chi connectivity index (χ3v) is 4.78. The number of fused-ring (bicyclic) bond motifs is 1. The molecule has 0 radical (unpaired) electrons. The summed E-state index contributed by atoms with van der Waals surface area (Å²) in [5.41, 5.74) is 0.704. The second-order valence-electron chi connectivity index (χ2n) is 4.93. The van der Waals surface area contributed by atoms with Crippen LogP contribution < -0.4 is 14.2 Å². The van der Waals surface area contributed by atoms with E-state index in [-0.39, 0.29) is 25.7 Å². The number of aliphatic carboxylic acids is 1. The molecule has 0 unspecified atom stereocenters. The highest BCUT2D eigenvalue weighted by atomic mass is 32.2. The molecule has 1 amide bonds. The van der Waals surface area contributed by atoms with Crippen molar-refractivity contribution in [1.82, 2.24) is 4.90 Å². The van der Waals surface area contributed by atoms with Gasteiger partial charge in [-0.2, -0.15) is 0 Å². The molecule has 3 rings (SSSR count). The Morgan fingerprint density at radius 1 is 1.50 bits per heavy atom. The van der Waals surface area contributed by atoms with Crippen LogP contribution in [0.25, 0.3) is 6.08 Å². The maximum atomic E-state index is 12.4. The summed E-state index contributed by atoms with van der Waals surface area (Å²) in [6, 6.07) is 3.48. The van der Waals surface area contributed by atoms with E-state index >= 15 is 0 Å². The predicted molar refractivity (Wildman–Crippen MR) is 91.2 cm³/mol. The number of benzene rings is 1. The monoisotopic (exact) mass is 367 g/mol. The van der Waals surface area contributed by atoms with Crippen LogP contribution in [0.15, 0.2) is 17.0 Å². The van der Waals surface area contributed by atoms with Crippen LogP contribution in [-0.4, -0.2) is 46.7 Å². The first kappa shape index (κ1) is 16.6.